The van der Waals surface area contributed by atoms with Crippen LogP contribution in [-0.2, 0) is 14.3 Å². The molecule has 5 heteroatoms. The molecule has 5 nitrogen and oxygen atoms in total. The lowest BCUT2D eigenvalue weighted by Gasteiger charge is -2.37. The number of rotatable bonds is 4. The quantitative estimate of drug-likeness (QED) is 0.844. The predicted molar refractivity (Wildman–Crippen MR) is 77.3 cm³/mol. The van der Waals surface area contributed by atoms with Crippen molar-refractivity contribution in [2.75, 3.05) is 19.7 Å². The average molecular weight is 288 g/mol. The second-order valence-corrected chi connectivity index (χ2v) is 5.53. The molecule has 2 aliphatic rings. The molecule has 0 unspecified atom stereocenters. The molecule has 3 rings (SSSR count). The maximum Gasteiger partial charge on any atom is 0.248 e. The molecule has 0 saturated carbocycles. The number of carbonyl (C=O) groups is 2. The molecular formula is C16H20N2O3. The van der Waals surface area contributed by atoms with Crippen molar-refractivity contribution >= 4 is 11.8 Å². The van der Waals surface area contributed by atoms with Gasteiger partial charge in [-0.25, -0.2) is 0 Å². The molecule has 2 heterocycles. The van der Waals surface area contributed by atoms with Gasteiger partial charge in [0.1, 0.15) is 6.04 Å². The number of ether oxygens (including phenoxy) is 1. The van der Waals surface area contributed by atoms with Gasteiger partial charge in [0.2, 0.25) is 11.8 Å². The van der Waals surface area contributed by atoms with Gasteiger partial charge in [0.15, 0.2) is 6.23 Å². The first-order chi connectivity index (χ1) is 10.2. The normalized spacial score (nSPS) is 25.4. The zero-order valence-electron chi connectivity index (χ0n) is 12.2. The minimum absolute atomic E-state index is 0.0153. The molecule has 1 aromatic rings. The highest BCUT2D eigenvalue weighted by Crippen LogP contribution is 2.33. The molecule has 2 amide bonds. The van der Waals surface area contributed by atoms with E-state index in [-0.39, 0.29) is 25.0 Å². The lowest BCUT2D eigenvalue weighted by atomic mass is 10.1. The second-order valence-electron chi connectivity index (χ2n) is 5.53. The molecule has 0 N–H and O–H groups in total. The summed E-state index contributed by atoms with van der Waals surface area (Å²) in [5.74, 6) is -0.0106. The van der Waals surface area contributed by atoms with E-state index in [9.17, 15) is 9.59 Å². The molecule has 2 fully saturated rings. The van der Waals surface area contributed by atoms with Crippen molar-refractivity contribution in [3.63, 3.8) is 0 Å². The number of fused-ring (bicyclic) bond motifs is 1. The number of hydrogen-bond acceptors (Lipinski definition) is 3. The van der Waals surface area contributed by atoms with E-state index in [0.717, 1.165) is 18.4 Å². The van der Waals surface area contributed by atoms with Crippen LogP contribution in [0.4, 0.5) is 0 Å². The number of benzene rings is 1. The van der Waals surface area contributed by atoms with Crippen molar-refractivity contribution in [1.29, 1.82) is 0 Å². The Morgan fingerprint density at radius 3 is 2.71 bits per heavy atom. The van der Waals surface area contributed by atoms with Gasteiger partial charge in [0, 0.05) is 12.1 Å². The molecule has 21 heavy (non-hydrogen) atoms. The Morgan fingerprint density at radius 2 is 2.00 bits per heavy atom. The second kappa shape index (κ2) is 5.85. The van der Waals surface area contributed by atoms with Crippen LogP contribution in [0.2, 0.25) is 0 Å². The summed E-state index contributed by atoms with van der Waals surface area (Å²) in [6, 6.07) is 9.13. The van der Waals surface area contributed by atoms with Gasteiger partial charge in [-0.1, -0.05) is 43.7 Å². The number of amides is 2. The average Bonchev–Trinajstić information content (AvgIpc) is 2.96. The van der Waals surface area contributed by atoms with Gasteiger partial charge in [0.05, 0.1) is 13.2 Å². The summed E-state index contributed by atoms with van der Waals surface area (Å²) in [4.78, 5) is 28.2. The molecular weight excluding hydrogens is 268 g/mol. The third-order valence-corrected chi connectivity index (χ3v) is 4.08. The Kier molecular flexibility index (Phi) is 3.92. The van der Waals surface area contributed by atoms with Gasteiger partial charge in [0.25, 0.3) is 0 Å². The van der Waals surface area contributed by atoms with Crippen LogP contribution in [0.3, 0.4) is 0 Å². The number of hydrogen-bond donors (Lipinski definition) is 0. The molecule has 1 aromatic carbocycles. The van der Waals surface area contributed by atoms with Crippen LogP contribution in [0, 0.1) is 0 Å². The largest absolute Gasteiger partial charge is 0.351 e. The highest BCUT2D eigenvalue weighted by molar-refractivity contribution is 5.95. The molecule has 0 spiro atoms. The van der Waals surface area contributed by atoms with E-state index in [1.54, 1.807) is 9.80 Å². The SMILES string of the molecule is CCCCN1CC(=O)N2[C@H](CO[C@@H]2c2ccccc2)C1=O. The van der Waals surface area contributed by atoms with E-state index in [1.807, 2.05) is 30.3 Å². The summed E-state index contributed by atoms with van der Waals surface area (Å²) in [7, 11) is 0. The fourth-order valence-electron chi connectivity index (χ4n) is 2.95. The van der Waals surface area contributed by atoms with Crippen LogP contribution in [0.5, 0.6) is 0 Å². The smallest absolute Gasteiger partial charge is 0.248 e. The number of nitrogens with zero attached hydrogens (tertiary/aromatic N) is 2. The summed E-state index contributed by atoms with van der Waals surface area (Å²) in [5.41, 5.74) is 0.920. The van der Waals surface area contributed by atoms with Crippen molar-refractivity contribution < 1.29 is 14.3 Å². The minimum atomic E-state index is -0.465. The summed E-state index contributed by atoms with van der Waals surface area (Å²) in [6.07, 6.45) is 1.51. The maximum absolute atomic E-state index is 12.5. The van der Waals surface area contributed by atoms with E-state index in [0.29, 0.717) is 6.54 Å². The first-order valence-electron chi connectivity index (χ1n) is 7.49. The number of unbranched alkanes of at least 4 members (excludes halogenated alkanes) is 1. The van der Waals surface area contributed by atoms with Crippen molar-refractivity contribution in [2.45, 2.75) is 32.0 Å². The summed E-state index contributed by atoms with van der Waals surface area (Å²) < 4.78 is 5.74. The minimum Gasteiger partial charge on any atom is -0.351 e. The van der Waals surface area contributed by atoms with Crippen molar-refractivity contribution in [3.8, 4) is 0 Å². The van der Waals surface area contributed by atoms with Gasteiger partial charge in [-0.2, -0.15) is 0 Å². The molecule has 2 aliphatic heterocycles. The molecule has 0 aliphatic carbocycles. The van der Waals surface area contributed by atoms with E-state index < -0.39 is 12.3 Å². The molecule has 0 radical (unpaired) electrons. The molecule has 112 valence electrons. The van der Waals surface area contributed by atoms with Crippen LogP contribution in [-0.4, -0.2) is 47.4 Å². The lowest BCUT2D eigenvalue weighted by Crippen LogP contribution is -2.58. The fourth-order valence-corrected chi connectivity index (χ4v) is 2.95. The van der Waals surface area contributed by atoms with E-state index >= 15 is 0 Å². The summed E-state index contributed by atoms with van der Waals surface area (Å²) >= 11 is 0. The third kappa shape index (κ3) is 2.53. The van der Waals surface area contributed by atoms with Crippen LogP contribution in [0.1, 0.15) is 31.6 Å². The number of carbonyl (C=O) groups excluding carboxylic acids is 2. The van der Waals surface area contributed by atoms with Crippen molar-refractivity contribution in [3.05, 3.63) is 35.9 Å². The van der Waals surface area contributed by atoms with Gasteiger partial charge in [-0.15, -0.1) is 0 Å². The first-order valence-corrected chi connectivity index (χ1v) is 7.49. The first kappa shape index (κ1) is 14.1. The highest BCUT2D eigenvalue weighted by Gasteiger charge is 2.47. The molecule has 2 saturated heterocycles. The van der Waals surface area contributed by atoms with Gasteiger partial charge in [-0.05, 0) is 6.42 Å². The Balaban J connectivity index is 1.79. The summed E-state index contributed by atoms with van der Waals surface area (Å²) in [6.45, 7) is 3.18. The van der Waals surface area contributed by atoms with E-state index in [2.05, 4.69) is 6.92 Å². The zero-order valence-corrected chi connectivity index (χ0v) is 12.2. The predicted octanol–water partition coefficient (Wildman–Crippen LogP) is 1.55. The van der Waals surface area contributed by atoms with Gasteiger partial charge < -0.3 is 9.64 Å². The van der Waals surface area contributed by atoms with E-state index in [1.165, 1.54) is 0 Å². The monoisotopic (exact) mass is 288 g/mol. The van der Waals surface area contributed by atoms with Crippen LogP contribution < -0.4 is 0 Å². The van der Waals surface area contributed by atoms with Crippen LogP contribution >= 0.6 is 0 Å². The lowest BCUT2D eigenvalue weighted by molar-refractivity contribution is -0.156. The standard InChI is InChI=1S/C16H20N2O3/c1-2-3-9-17-10-14(19)18-13(15(17)20)11-21-16(18)12-7-5-4-6-8-12/h4-8,13,16H,2-3,9-11H2,1H3/t13-,16-/m1/s1. The maximum atomic E-state index is 12.5. The molecule has 0 aromatic heterocycles. The zero-order chi connectivity index (χ0) is 14.8. The van der Waals surface area contributed by atoms with Gasteiger partial charge in [-0.3, -0.25) is 14.5 Å². The Morgan fingerprint density at radius 1 is 1.24 bits per heavy atom. The number of piperazine rings is 1. The van der Waals surface area contributed by atoms with Crippen molar-refractivity contribution in [2.24, 2.45) is 0 Å². The molecule has 2 atom stereocenters. The molecule has 0 bridgehead atoms. The Hall–Kier alpha value is -1.88. The Labute approximate surface area is 124 Å². The van der Waals surface area contributed by atoms with Crippen LogP contribution in [0.25, 0.3) is 0 Å². The Bertz CT molecular complexity index is 532. The summed E-state index contributed by atoms with van der Waals surface area (Å²) in [5, 5.41) is 0. The topological polar surface area (TPSA) is 49.9 Å². The van der Waals surface area contributed by atoms with Gasteiger partial charge >= 0.3 is 0 Å². The van der Waals surface area contributed by atoms with Crippen molar-refractivity contribution in [1.82, 2.24) is 9.80 Å². The third-order valence-electron chi connectivity index (χ3n) is 4.08. The van der Waals surface area contributed by atoms with E-state index in [4.69, 9.17) is 4.74 Å². The highest BCUT2D eigenvalue weighted by atomic mass is 16.5. The fraction of sp³-hybridized carbons (Fsp3) is 0.500. The van der Waals surface area contributed by atoms with Crippen LogP contribution in [0.15, 0.2) is 30.3 Å².